The highest BCUT2D eigenvalue weighted by Gasteiger charge is 2.15. The van der Waals surface area contributed by atoms with E-state index in [1.807, 2.05) is 0 Å². The summed E-state index contributed by atoms with van der Waals surface area (Å²) in [4.78, 5) is 23.1. The van der Waals surface area contributed by atoms with Crippen molar-refractivity contribution in [1.82, 2.24) is 5.32 Å². The number of benzene rings is 1. The third-order valence-corrected chi connectivity index (χ3v) is 4.03. The molecule has 1 heterocycles. The molecular weight excluding hydrogens is 290 g/mol. The molecule has 1 unspecified atom stereocenters. The first-order chi connectivity index (χ1) is 10.1. The maximum Gasteiger partial charge on any atom is 0.248 e. The normalized spacial score (nSPS) is 18.2. The summed E-state index contributed by atoms with van der Waals surface area (Å²) < 4.78 is 0. The quantitative estimate of drug-likeness (QED) is 0.779. The first-order valence-corrected chi connectivity index (χ1v) is 7.54. The Balaban J connectivity index is 1.89. The lowest BCUT2D eigenvalue weighted by Crippen LogP contribution is -2.30. The summed E-state index contributed by atoms with van der Waals surface area (Å²) in [6, 6.07) is 4.60. The minimum atomic E-state index is -0.546. The summed E-state index contributed by atoms with van der Waals surface area (Å²) in [7, 11) is 0. The molecule has 2 amide bonds. The van der Waals surface area contributed by atoms with Crippen molar-refractivity contribution in [3.05, 3.63) is 28.8 Å². The molecule has 6 heteroatoms. The standard InChI is InChI=1S/C15H20ClN3O2/c16-12-5-4-11(15(17)21)8-13(12)19-14(20)6-3-10-2-1-7-18-9-10/h4-5,8,10,18H,1-3,6-7,9H2,(H2,17,21)(H,19,20). The van der Waals surface area contributed by atoms with Gasteiger partial charge in [0.2, 0.25) is 11.8 Å². The molecule has 0 spiro atoms. The summed E-state index contributed by atoms with van der Waals surface area (Å²) >= 11 is 6.02. The molecule has 1 aromatic carbocycles. The molecule has 0 bridgehead atoms. The molecule has 2 rings (SSSR count). The number of piperidine rings is 1. The van der Waals surface area contributed by atoms with Crippen LogP contribution in [-0.4, -0.2) is 24.9 Å². The number of amides is 2. The SMILES string of the molecule is NC(=O)c1ccc(Cl)c(NC(=O)CCC2CCCNC2)c1. The number of rotatable bonds is 5. The number of nitrogens with two attached hydrogens (primary N) is 1. The first-order valence-electron chi connectivity index (χ1n) is 7.16. The highest BCUT2D eigenvalue weighted by atomic mass is 35.5. The van der Waals surface area contributed by atoms with E-state index in [2.05, 4.69) is 10.6 Å². The average molecular weight is 310 g/mol. The van der Waals surface area contributed by atoms with E-state index >= 15 is 0 Å². The second-order valence-corrected chi connectivity index (χ2v) is 5.77. The minimum Gasteiger partial charge on any atom is -0.366 e. The van der Waals surface area contributed by atoms with E-state index in [-0.39, 0.29) is 5.91 Å². The molecule has 0 radical (unpaired) electrons. The van der Waals surface area contributed by atoms with Crippen LogP contribution in [0.15, 0.2) is 18.2 Å². The van der Waals surface area contributed by atoms with E-state index in [4.69, 9.17) is 17.3 Å². The van der Waals surface area contributed by atoms with E-state index in [1.165, 1.54) is 18.6 Å². The van der Waals surface area contributed by atoms with Gasteiger partial charge in [0.25, 0.3) is 0 Å². The van der Waals surface area contributed by atoms with E-state index < -0.39 is 5.91 Å². The number of carbonyl (C=O) groups excluding carboxylic acids is 2. The Morgan fingerprint density at radius 2 is 2.24 bits per heavy atom. The second-order valence-electron chi connectivity index (χ2n) is 5.36. The molecule has 1 aliphatic heterocycles. The van der Waals surface area contributed by atoms with E-state index in [1.54, 1.807) is 6.07 Å². The number of primary amides is 1. The maximum absolute atomic E-state index is 12.0. The first kappa shape index (κ1) is 15.8. The zero-order valence-corrected chi connectivity index (χ0v) is 12.6. The third-order valence-electron chi connectivity index (χ3n) is 3.70. The Bertz CT molecular complexity index is 528. The summed E-state index contributed by atoms with van der Waals surface area (Å²) in [6.07, 6.45) is 3.63. The van der Waals surface area contributed by atoms with Gasteiger partial charge < -0.3 is 16.4 Å². The van der Waals surface area contributed by atoms with Gasteiger partial charge in [-0.1, -0.05) is 11.6 Å². The summed E-state index contributed by atoms with van der Waals surface area (Å²) in [5.41, 5.74) is 5.97. The molecule has 4 N–H and O–H groups in total. The van der Waals surface area contributed by atoms with Crippen molar-refractivity contribution in [2.75, 3.05) is 18.4 Å². The van der Waals surface area contributed by atoms with Crippen LogP contribution in [0.4, 0.5) is 5.69 Å². The van der Waals surface area contributed by atoms with Gasteiger partial charge in [-0.2, -0.15) is 0 Å². The Morgan fingerprint density at radius 1 is 1.43 bits per heavy atom. The molecule has 1 aromatic rings. The zero-order valence-electron chi connectivity index (χ0n) is 11.8. The van der Waals surface area contributed by atoms with Crippen LogP contribution in [0.2, 0.25) is 5.02 Å². The van der Waals surface area contributed by atoms with Crippen molar-refractivity contribution >= 4 is 29.1 Å². The number of nitrogens with one attached hydrogen (secondary N) is 2. The predicted molar refractivity (Wildman–Crippen MR) is 83.4 cm³/mol. The van der Waals surface area contributed by atoms with Gasteiger partial charge in [-0.05, 0) is 56.5 Å². The van der Waals surface area contributed by atoms with Gasteiger partial charge in [0, 0.05) is 12.0 Å². The van der Waals surface area contributed by atoms with Gasteiger partial charge >= 0.3 is 0 Å². The topological polar surface area (TPSA) is 84.2 Å². The van der Waals surface area contributed by atoms with Crippen LogP contribution >= 0.6 is 11.6 Å². The summed E-state index contributed by atoms with van der Waals surface area (Å²) in [6.45, 7) is 2.05. The Hall–Kier alpha value is -1.59. The van der Waals surface area contributed by atoms with Gasteiger partial charge in [0.05, 0.1) is 10.7 Å². The fraction of sp³-hybridized carbons (Fsp3) is 0.467. The van der Waals surface area contributed by atoms with Crippen molar-refractivity contribution in [3.63, 3.8) is 0 Å². The highest BCUT2D eigenvalue weighted by Crippen LogP contribution is 2.24. The van der Waals surface area contributed by atoms with Crippen molar-refractivity contribution in [2.24, 2.45) is 11.7 Å². The number of carbonyl (C=O) groups is 2. The lowest BCUT2D eigenvalue weighted by molar-refractivity contribution is -0.116. The molecule has 114 valence electrons. The summed E-state index contributed by atoms with van der Waals surface area (Å²) in [5, 5.41) is 6.48. The average Bonchev–Trinajstić information content (AvgIpc) is 2.48. The number of halogens is 1. The molecule has 1 fully saturated rings. The predicted octanol–water partition coefficient (Wildman–Crippen LogP) is 2.16. The molecule has 5 nitrogen and oxygen atoms in total. The monoisotopic (exact) mass is 309 g/mol. The molecule has 1 aliphatic rings. The van der Waals surface area contributed by atoms with E-state index in [9.17, 15) is 9.59 Å². The smallest absolute Gasteiger partial charge is 0.248 e. The van der Waals surface area contributed by atoms with Crippen LogP contribution in [0.1, 0.15) is 36.0 Å². The third kappa shape index (κ3) is 4.72. The lowest BCUT2D eigenvalue weighted by atomic mass is 9.94. The van der Waals surface area contributed by atoms with Crippen LogP contribution < -0.4 is 16.4 Å². The van der Waals surface area contributed by atoms with E-state index in [0.717, 1.165) is 25.9 Å². The summed E-state index contributed by atoms with van der Waals surface area (Å²) in [5.74, 6) is -0.0866. The van der Waals surface area contributed by atoms with Crippen LogP contribution in [0.5, 0.6) is 0 Å². The van der Waals surface area contributed by atoms with E-state index in [0.29, 0.717) is 28.6 Å². The van der Waals surface area contributed by atoms with Crippen LogP contribution in [0.25, 0.3) is 0 Å². The van der Waals surface area contributed by atoms with Gasteiger partial charge in [0.15, 0.2) is 0 Å². The number of hydrogen-bond acceptors (Lipinski definition) is 3. The van der Waals surface area contributed by atoms with Gasteiger partial charge in [-0.3, -0.25) is 9.59 Å². The molecule has 0 aromatic heterocycles. The van der Waals surface area contributed by atoms with Crippen LogP contribution in [0, 0.1) is 5.92 Å². The Kier molecular flexibility index (Phi) is 5.59. The Morgan fingerprint density at radius 3 is 2.90 bits per heavy atom. The maximum atomic E-state index is 12.0. The largest absolute Gasteiger partial charge is 0.366 e. The molecule has 0 saturated carbocycles. The van der Waals surface area contributed by atoms with Crippen molar-refractivity contribution < 1.29 is 9.59 Å². The lowest BCUT2D eigenvalue weighted by Gasteiger charge is -2.22. The number of anilines is 1. The Labute approximate surface area is 129 Å². The van der Waals surface area contributed by atoms with Gasteiger partial charge in [-0.15, -0.1) is 0 Å². The molecular formula is C15H20ClN3O2. The zero-order chi connectivity index (χ0) is 15.2. The molecule has 1 atom stereocenters. The van der Waals surface area contributed by atoms with Crippen molar-refractivity contribution in [2.45, 2.75) is 25.7 Å². The van der Waals surface area contributed by atoms with Crippen LogP contribution in [-0.2, 0) is 4.79 Å². The molecule has 0 aliphatic carbocycles. The van der Waals surface area contributed by atoms with Gasteiger partial charge in [0.1, 0.15) is 0 Å². The van der Waals surface area contributed by atoms with Crippen molar-refractivity contribution in [1.29, 1.82) is 0 Å². The second kappa shape index (κ2) is 7.43. The van der Waals surface area contributed by atoms with Crippen LogP contribution in [0.3, 0.4) is 0 Å². The fourth-order valence-corrected chi connectivity index (χ4v) is 2.66. The number of hydrogen-bond donors (Lipinski definition) is 3. The fourth-order valence-electron chi connectivity index (χ4n) is 2.49. The molecule has 1 saturated heterocycles. The molecule has 21 heavy (non-hydrogen) atoms. The minimum absolute atomic E-state index is 0.0934. The van der Waals surface area contributed by atoms with Gasteiger partial charge in [-0.25, -0.2) is 0 Å². The van der Waals surface area contributed by atoms with Crippen molar-refractivity contribution in [3.8, 4) is 0 Å². The highest BCUT2D eigenvalue weighted by molar-refractivity contribution is 6.33.